The van der Waals surface area contributed by atoms with Crippen molar-refractivity contribution in [1.29, 1.82) is 0 Å². The van der Waals surface area contributed by atoms with Crippen LogP contribution in [0.25, 0.3) is 22.4 Å². The predicted octanol–water partition coefficient (Wildman–Crippen LogP) is 4.16. The molecule has 0 radical (unpaired) electrons. The van der Waals surface area contributed by atoms with Gasteiger partial charge in [-0.1, -0.05) is 6.07 Å². The normalized spacial score (nSPS) is 12.0. The van der Waals surface area contributed by atoms with Gasteiger partial charge in [-0.15, -0.1) is 0 Å². The molecule has 0 spiro atoms. The first-order valence-electron chi connectivity index (χ1n) is 6.28. The average Bonchev–Trinajstić information content (AvgIpc) is 2.99. The van der Waals surface area contributed by atoms with E-state index in [1.165, 1.54) is 41.9 Å². The van der Waals surface area contributed by atoms with Gasteiger partial charge in [0, 0.05) is 12.4 Å². The second-order valence-corrected chi connectivity index (χ2v) is 4.79. The van der Waals surface area contributed by atoms with Crippen LogP contribution in [-0.2, 0) is 13.2 Å². The Balaban J connectivity index is 2.20. The van der Waals surface area contributed by atoms with Crippen molar-refractivity contribution in [3.63, 3.8) is 0 Å². The first kappa shape index (κ1) is 14.2. The van der Waals surface area contributed by atoms with E-state index in [1.54, 1.807) is 0 Å². The van der Waals surface area contributed by atoms with Gasteiger partial charge in [0.05, 0.1) is 11.3 Å². The van der Waals surface area contributed by atoms with Crippen LogP contribution in [0.4, 0.5) is 13.2 Å². The molecule has 0 bridgehead atoms. The first-order valence-corrected chi connectivity index (χ1v) is 6.28. The van der Waals surface area contributed by atoms with Crippen LogP contribution in [0.3, 0.4) is 0 Å². The van der Waals surface area contributed by atoms with E-state index < -0.39 is 17.7 Å². The second-order valence-electron chi connectivity index (χ2n) is 4.79. The van der Waals surface area contributed by atoms with E-state index >= 15 is 0 Å². The Morgan fingerprint density at radius 3 is 2.55 bits per heavy atom. The number of carbonyl (C=O) groups is 1. The fourth-order valence-corrected chi connectivity index (χ4v) is 2.41. The summed E-state index contributed by atoms with van der Waals surface area (Å²) in [4.78, 5) is 11.0. The number of benzene rings is 1. The SMILES string of the molecule is Cn1c(C(=O)O)ccc1-c1cc2c(C(F)(F)F)cccc2o1. The van der Waals surface area contributed by atoms with Crippen LogP contribution >= 0.6 is 0 Å². The number of nitrogens with zero attached hydrogens (tertiary/aromatic N) is 1. The number of carboxylic acids is 1. The van der Waals surface area contributed by atoms with Crippen LogP contribution in [0.1, 0.15) is 16.1 Å². The van der Waals surface area contributed by atoms with Crippen molar-refractivity contribution in [2.24, 2.45) is 7.05 Å². The molecule has 0 atom stereocenters. The van der Waals surface area contributed by atoms with Crippen LogP contribution in [0.5, 0.6) is 0 Å². The lowest BCUT2D eigenvalue weighted by Crippen LogP contribution is -2.05. The van der Waals surface area contributed by atoms with Gasteiger partial charge < -0.3 is 14.1 Å². The number of hydrogen-bond donors (Lipinski definition) is 1. The molecule has 0 aliphatic heterocycles. The molecule has 0 unspecified atom stereocenters. The molecule has 4 nitrogen and oxygen atoms in total. The summed E-state index contributed by atoms with van der Waals surface area (Å²) in [5, 5.41) is 8.96. The summed E-state index contributed by atoms with van der Waals surface area (Å²) in [6.45, 7) is 0. The van der Waals surface area contributed by atoms with Gasteiger partial charge in [-0.25, -0.2) is 4.79 Å². The Hall–Kier alpha value is -2.70. The van der Waals surface area contributed by atoms with Gasteiger partial charge in [-0.2, -0.15) is 13.2 Å². The van der Waals surface area contributed by atoms with E-state index in [0.717, 1.165) is 6.07 Å². The quantitative estimate of drug-likeness (QED) is 0.773. The van der Waals surface area contributed by atoms with Gasteiger partial charge in [0.25, 0.3) is 0 Å². The maximum absolute atomic E-state index is 13.0. The molecule has 114 valence electrons. The van der Waals surface area contributed by atoms with Crippen molar-refractivity contribution in [1.82, 2.24) is 4.57 Å². The zero-order chi connectivity index (χ0) is 16.1. The lowest BCUT2D eigenvalue weighted by molar-refractivity contribution is -0.136. The van der Waals surface area contributed by atoms with Crippen molar-refractivity contribution in [3.05, 3.63) is 47.7 Å². The molecule has 1 aromatic carbocycles. The molecule has 2 heterocycles. The van der Waals surface area contributed by atoms with E-state index in [2.05, 4.69) is 0 Å². The highest BCUT2D eigenvalue weighted by Crippen LogP contribution is 2.38. The third-order valence-electron chi connectivity index (χ3n) is 3.46. The summed E-state index contributed by atoms with van der Waals surface area (Å²) in [6.07, 6.45) is -4.49. The Morgan fingerprint density at radius 1 is 1.23 bits per heavy atom. The van der Waals surface area contributed by atoms with Gasteiger partial charge in [0.1, 0.15) is 11.3 Å². The number of furan rings is 1. The number of aromatic nitrogens is 1. The van der Waals surface area contributed by atoms with Crippen molar-refractivity contribution in [2.75, 3.05) is 0 Å². The zero-order valence-electron chi connectivity index (χ0n) is 11.3. The van der Waals surface area contributed by atoms with Crippen LogP contribution in [-0.4, -0.2) is 15.6 Å². The molecule has 2 aromatic heterocycles. The molecule has 0 saturated carbocycles. The van der Waals surface area contributed by atoms with E-state index in [0.29, 0.717) is 5.69 Å². The predicted molar refractivity (Wildman–Crippen MR) is 72.6 cm³/mol. The third-order valence-corrected chi connectivity index (χ3v) is 3.46. The molecule has 0 amide bonds. The van der Waals surface area contributed by atoms with Crippen molar-refractivity contribution in [3.8, 4) is 11.5 Å². The first-order chi connectivity index (χ1) is 10.3. The molecular weight excluding hydrogens is 299 g/mol. The molecular formula is C15H10F3NO3. The van der Waals surface area contributed by atoms with E-state index in [-0.39, 0.29) is 22.4 Å². The summed E-state index contributed by atoms with van der Waals surface area (Å²) >= 11 is 0. The molecule has 1 N–H and O–H groups in total. The summed E-state index contributed by atoms with van der Waals surface area (Å²) in [7, 11) is 1.51. The minimum Gasteiger partial charge on any atom is -0.477 e. The van der Waals surface area contributed by atoms with Crippen LogP contribution in [0.15, 0.2) is 40.8 Å². The largest absolute Gasteiger partial charge is 0.477 e. The molecule has 0 saturated heterocycles. The van der Waals surface area contributed by atoms with Crippen molar-refractivity contribution in [2.45, 2.75) is 6.18 Å². The minimum absolute atomic E-state index is 0.0199. The van der Waals surface area contributed by atoms with Gasteiger partial charge in [0.15, 0.2) is 5.76 Å². The van der Waals surface area contributed by atoms with E-state index in [4.69, 9.17) is 9.52 Å². The number of fused-ring (bicyclic) bond motifs is 1. The third kappa shape index (κ3) is 2.14. The Morgan fingerprint density at radius 2 is 1.95 bits per heavy atom. The summed E-state index contributed by atoms with van der Waals surface area (Å²) in [5.74, 6) is -0.942. The highest BCUT2D eigenvalue weighted by Gasteiger charge is 2.33. The van der Waals surface area contributed by atoms with Gasteiger partial charge in [-0.3, -0.25) is 0 Å². The topological polar surface area (TPSA) is 55.4 Å². The highest BCUT2D eigenvalue weighted by atomic mass is 19.4. The number of aromatic carboxylic acids is 1. The molecule has 0 aliphatic rings. The average molecular weight is 309 g/mol. The monoisotopic (exact) mass is 309 g/mol. The lowest BCUT2D eigenvalue weighted by Gasteiger charge is -2.06. The number of carboxylic acid groups (broad SMARTS) is 1. The zero-order valence-corrected chi connectivity index (χ0v) is 11.3. The van der Waals surface area contributed by atoms with E-state index in [9.17, 15) is 18.0 Å². The van der Waals surface area contributed by atoms with Gasteiger partial charge in [0.2, 0.25) is 0 Å². The fraction of sp³-hybridized carbons (Fsp3) is 0.133. The fourth-order valence-electron chi connectivity index (χ4n) is 2.41. The molecule has 7 heteroatoms. The minimum atomic E-state index is -4.49. The Kier molecular flexibility index (Phi) is 3.01. The van der Waals surface area contributed by atoms with Gasteiger partial charge >= 0.3 is 12.1 Å². The number of hydrogen-bond acceptors (Lipinski definition) is 2. The van der Waals surface area contributed by atoms with Crippen LogP contribution < -0.4 is 0 Å². The smallest absolute Gasteiger partial charge is 0.417 e. The van der Waals surface area contributed by atoms with Crippen LogP contribution in [0, 0.1) is 0 Å². The van der Waals surface area contributed by atoms with Crippen molar-refractivity contribution >= 4 is 16.9 Å². The van der Waals surface area contributed by atoms with Crippen molar-refractivity contribution < 1.29 is 27.5 Å². The molecule has 0 aliphatic carbocycles. The molecule has 3 rings (SSSR count). The molecule has 22 heavy (non-hydrogen) atoms. The Labute approximate surface area is 122 Å². The second kappa shape index (κ2) is 4.66. The lowest BCUT2D eigenvalue weighted by atomic mass is 10.1. The van der Waals surface area contributed by atoms with Crippen LogP contribution in [0.2, 0.25) is 0 Å². The molecule has 0 fully saturated rings. The maximum atomic E-state index is 13.0. The maximum Gasteiger partial charge on any atom is 0.417 e. The highest BCUT2D eigenvalue weighted by molar-refractivity contribution is 5.89. The van der Waals surface area contributed by atoms with E-state index in [1.807, 2.05) is 0 Å². The summed E-state index contributed by atoms with van der Waals surface area (Å²) in [5.41, 5.74) is -0.274. The number of alkyl halides is 3. The number of halogens is 3. The Bertz CT molecular complexity index is 874. The van der Waals surface area contributed by atoms with Gasteiger partial charge in [-0.05, 0) is 30.3 Å². The standard InChI is InChI=1S/C15H10F3NO3/c1-19-10(5-6-11(19)14(20)21)13-7-8-9(15(16,17)18)3-2-4-12(8)22-13/h2-7H,1H3,(H,20,21). The molecule has 3 aromatic rings. The number of rotatable bonds is 2. The summed E-state index contributed by atoms with van der Waals surface area (Å²) in [6, 6.07) is 7.83. The summed E-state index contributed by atoms with van der Waals surface area (Å²) < 4.78 is 45.8.